The number of piperidine rings is 1. The van der Waals surface area contributed by atoms with Crippen LogP contribution < -0.4 is 15.4 Å². The fourth-order valence-corrected chi connectivity index (χ4v) is 3.76. The number of pyridine rings is 1. The van der Waals surface area contributed by atoms with Gasteiger partial charge in [-0.2, -0.15) is 0 Å². The fourth-order valence-electron chi connectivity index (χ4n) is 2.94. The molecular formula is C19H26N4O2S. The zero-order chi connectivity index (χ0) is 18.4. The molecule has 26 heavy (non-hydrogen) atoms. The first-order valence-corrected chi connectivity index (χ1v) is 9.97. The van der Waals surface area contributed by atoms with Crippen molar-refractivity contribution in [2.24, 2.45) is 5.41 Å². The average Bonchev–Trinajstić information content (AvgIpc) is 3.14. The van der Waals surface area contributed by atoms with E-state index in [4.69, 9.17) is 4.74 Å². The van der Waals surface area contributed by atoms with E-state index >= 15 is 0 Å². The molecule has 1 atom stereocenters. The lowest BCUT2D eigenvalue weighted by Gasteiger charge is -2.33. The topological polar surface area (TPSA) is 76.1 Å². The molecule has 2 aromatic heterocycles. The normalized spacial score (nSPS) is 19.9. The lowest BCUT2D eigenvalue weighted by Crippen LogP contribution is -2.41. The Hall–Kier alpha value is -1.99. The van der Waals surface area contributed by atoms with E-state index in [2.05, 4.69) is 34.4 Å². The molecule has 1 unspecified atom stereocenters. The number of hydrogen-bond donors (Lipinski definition) is 2. The van der Waals surface area contributed by atoms with E-state index in [9.17, 15) is 4.79 Å². The summed E-state index contributed by atoms with van der Waals surface area (Å²) in [6.07, 6.45) is 4.79. The second-order valence-corrected chi connectivity index (χ2v) is 7.98. The van der Waals surface area contributed by atoms with Gasteiger partial charge in [-0.1, -0.05) is 13.8 Å². The van der Waals surface area contributed by atoms with Crippen LogP contribution in [0.5, 0.6) is 5.88 Å². The van der Waals surface area contributed by atoms with Gasteiger partial charge in [0.1, 0.15) is 5.01 Å². The number of carbonyl (C=O) groups excluding carboxylic acids is 1. The van der Waals surface area contributed by atoms with Crippen LogP contribution in [0.1, 0.15) is 47.7 Å². The number of ether oxygens (including phenoxy) is 1. The third-order valence-corrected chi connectivity index (χ3v) is 5.51. The van der Waals surface area contributed by atoms with E-state index in [1.165, 1.54) is 6.42 Å². The Balaban J connectivity index is 1.49. The summed E-state index contributed by atoms with van der Waals surface area (Å²) in [5.41, 5.74) is 1.72. The Morgan fingerprint density at radius 1 is 1.46 bits per heavy atom. The predicted molar refractivity (Wildman–Crippen MR) is 103 cm³/mol. The molecule has 0 aliphatic carbocycles. The summed E-state index contributed by atoms with van der Waals surface area (Å²) in [6, 6.07) is 3.51. The van der Waals surface area contributed by atoms with Gasteiger partial charge in [0.05, 0.1) is 24.4 Å². The second kappa shape index (κ2) is 8.60. The van der Waals surface area contributed by atoms with Gasteiger partial charge in [0.25, 0.3) is 5.91 Å². The molecule has 0 aromatic carbocycles. The number of thiazole rings is 1. The monoisotopic (exact) mass is 374 g/mol. The molecule has 1 fully saturated rings. The maximum absolute atomic E-state index is 12.2. The van der Waals surface area contributed by atoms with Gasteiger partial charge in [0.15, 0.2) is 0 Å². The Labute approximate surface area is 158 Å². The van der Waals surface area contributed by atoms with Crippen LogP contribution in [-0.2, 0) is 13.0 Å². The smallest absolute Gasteiger partial charge is 0.253 e. The van der Waals surface area contributed by atoms with Gasteiger partial charge in [-0.25, -0.2) is 9.97 Å². The third-order valence-electron chi connectivity index (χ3n) is 4.61. The van der Waals surface area contributed by atoms with Crippen LogP contribution in [0.2, 0.25) is 0 Å². The highest BCUT2D eigenvalue weighted by molar-refractivity contribution is 7.09. The molecule has 0 spiro atoms. The van der Waals surface area contributed by atoms with E-state index in [0.29, 0.717) is 24.6 Å². The van der Waals surface area contributed by atoms with Crippen molar-refractivity contribution in [2.75, 3.05) is 19.7 Å². The van der Waals surface area contributed by atoms with Crippen LogP contribution >= 0.6 is 11.3 Å². The first kappa shape index (κ1) is 18.8. The van der Waals surface area contributed by atoms with Gasteiger partial charge >= 0.3 is 0 Å². The molecule has 3 rings (SSSR count). The molecule has 140 valence electrons. The average molecular weight is 375 g/mol. The standard InChI is InChI=1S/C19H26N4O2S/c1-3-15-11-26-17(23-15)10-22-18(24)14-5-6-16(21-9-14)25-13-19(2)7-4-8-20-12-19/h5-6,9,11,20H,3-4,7-8,10,12-13H2,1-2H3,(H,22,24). The first-order chi connectivity index (χ1) is 12.6. The van der Waals surface area contributed by atoms with E-state index in [0.717, 1.165) is 36.6 Å². The summed E-state index contributed by atoms with van der Waals surface area (Å²) in [6.45, 7) is 7.40. The van der Waals surface area contributed by atoms with Crippen LogP contribution in [-0.4, -0.2) is 35.6 Å². The minimum atomic E-state index is -0.152. The van der Waals surface area contributed by atoms with Gasteiger partial charge < -0.3 is 15.4 Å². The molecule has 1 aliphatic heterocycles. The third kappa shape index (κ3) is 5.02. The molecule has 2 N–H and O–H groups in total. The van der Waals surface area contributed by atoms with Gasteiger partial charge in [-0.05, 0) is 31.9 Å². The van der Waals surface area contributed by atoms with E-state index in [-0.39, 0.29) is 11.3 Å². The largest absolute Gasteiger partial charge is 0.477 e. The Bertz CT molecular complexity index is 723. The van der Waals surface area contributed by atoms with Gasteiger partial charge in [0, 0.05) is 29.6 Å². The summed E-state index contributed by atoms with van der Waals surface area (Å²) < 4.78 is 5.84. The van der Waals surface area contributed by atoms with Crippen molar-refractivity contribution in [3.05, 3.63) is 40.0 Å². The van der Waals surface area contributed by atoms with Crippen LogP contribution in [0.15, 0.2) is 23.7 Å². The second-order valence-electron chi connectivity index (χ2n) is 7.03. The summed E-state index contributed by atoms with van der Waals surface area (Å²) in [5, 5.41) is 9.23. The molecule has 0 saturated carbocycles. The van der Waals surface area contributed by atoms with Gasteiger partial charge in [0.2, 0.25) is 5.88 Å². The van der Waals surface area contributed by atoms with Gasteiger partial charge in [-0.3, -0.25) is 4.79 Å². The van der Waals surface area contributed by atoms with Crippen LogP contribution in [0, 0.1) is 5.41 Å². The highest BCUT2D eigenvalue weighted by atomic mass is 32.1. The van der Waals surface area contributed by atoms with E-state index in [1.807, 2.05) is 5.38 Å². The minimum Gasteiger partial charge on any atom is -0.477 e. The molecule has 1 saturated heterocycles. The maximum Gasteiger partial charge on any atom is 0.253 e. The summed E-state index contributed by atoms with van der Waals surface area (Å²) in [5.74, 6) is 0.404. The molecule has 3 heterocycles. The van der Waals surface area contributed by atoms with Crippen LogP contribution in [0.3, 0.4) is 0 Å². The van der Waals surface area contributed by atoms with Crippen molar-refractivity contribution in [3.8, 4) is 5.88 Å². The lowest BCUT2D eigenvalue weighted by molar-refractivity contribution is 0.0950. The molecule has 2 aromatic rings. The highest BCUT2D eigenvalue weighted by Gasteiger charge is 2.27. The fraction of sp³-hybridized carbons (Fsp3) is 0.526. The highest BCUT2D eigenvalue weighted by Crippen LogP contribution is 2.26. The maximum atomic E-state index is 12.2. The van der Waals surface area contributed by atoms with Crippen molar-refractivity contribution < 1.29 is 9.53 Å². The molecule has 1 amide bonds. The lowest BCUT2D eigenvalue weighted by atomic mass is 9.84. The zero-order valence-corrected chi connectivity index (χ0v) is 16.2. The minimum absolute atomic E-state index is 0.140. The number of aromatic nitrogens is 2. The summed E-state index contributed by atoms with van der Waals surface area (Å²) in [7, 11) is 0. The zero-order valence-electron chi connectivity index (χ0n) is 15.4. The van der Waals surface area contributed by atoms with Crippen molar-refractivity contribution in [2.45, 2.75) is 39.7 Å². The quantitative estimate of drug-likeness (QED) is 0.779. The number of aryl methyl sites for hydroxylation is 1. The molecule has 7 heteroatoms. The van der Waals surface area contributed by atoms with Crippen molar-refractivity contribution in [3.63, 3.8) is 0 Å². The molecule has 1 aliphatic rings. The van der Waals surface area contributed by atoms with Crippen LogP contribution in [0.25, 0.3) is 0 Å². The van der Waals surface area contributed by atoms with Crippen LogP contribution in [0.4, 0.5) is 0 Å². The molecular weight excluding hydrogens is 348 g/mol. The first-order valence-electron chi connectivity index (χ1n) is 9.09. The van der Waals surface area contributed by atoms with Crippen molar-refractivity contribution in [1.82, 2.24) is 20.6 Å². The summed E-state index contributed by atoms with van der Waals surface area (Å²) >= 11 is 1.57. The SMILES string of the molecule is CCc1csc(CNC(=O)c2ccc(OCC3(C)CCCNC3)nc2)n1. The van der Waals surface area contributed by atoms with Gasteiger partial charge in [-0.15, -0.1) is 11.3 Å². The van der Waals surface area contributed by atoms with E-state index in [1.54, 1.807) is 29.7 Å². The number of hydrogen-bond acceptors (Lipinski definition) is 6. The Morgan fingerprint density at radius 3 is 3.00 bits per heavy atom. The van der Waals surface area contributed by atoms with Crippen molar-refractivity contribution in [1.29, 1.82) is 0 Å². The molecule has 6 nitrogen and oxygen atoms in total. The number of rotatable bonds is 7. The molecule has 0 bridgehead atoms. The number of amides is 1. The van der Waals surface area contributed by atoms with E-state index < -0.39 is 0 Å². The summed E-state index contributed by atoms with van der Waals surface area (Å²) in [4.78, 5) is 21.0. The number of nitrogens with one attached hydrogen (secondary N) is 2. The predicted octanol–water partition coefficient (Wildman–Crippen LogP) is 2.80. The number of nitrogens with zero attached hydrogens (tertiary/aromatic N) is 2. The van der Waals surface area contributed by atoms with Crippen molar-refractivity contribution >= 4 is 17.2 Å². The Morgan fingerprint density at radius 2 is 2.35 bits per heavy atom. The Kier molecular flexibility index (Phi) is 6.21. The molecule has 0 radical (unpaired) electrons. The number of carbonyl (C=O) groups is 1.